The third-order valence-corrected chi connectivity index (χ3v) is 4.12. The molecule has 92 valence electrons. The van der Waals surface area contributed by atoms with E-state index in [0.717, 1.165) is 19.1 Å². The van der Waals surface area contributed by atoms with Crippen molar-refractivity contribution in [1.82, 2.24) is 0 Å². The number of benzene rings is 1. The van der Waals surface area contributed by atoms with E-state index in [1.165, 1.54) is 0 Å². The van der Waals surface area contributed by atoms with Gasteiger partial charge in [0.2, 0.25) is 0 Å². The van der Waals surface area contributed by atoms with Crippen LogP contribution in [-0.4, -0.2) is 5.11 Å². The van der Waals surface area contributed by atoms with E-state index in [-0.39, 0.29) is 18.4 Å². The SMILES string of the molecule is CCC(C)[C@H](N)c1cc(I)cc(I)c1O.Cl. The summed E-state index contributed by atoms with van der Waals surface area (Å²) in [5.74, 6) is 0.716. The van der Waals surface area contributed by atoms with Gasteiger partial charge in [0.25, 0.3) is 0 Å². The fourth-order valence-electron chi connectivity index (χ4n) is 1.40. The van der Waals surface area contributed by atoms with E-state index in [1.54, 1.807) is 0 Å². The van der Waals surface area contributed by atoms with E-state index in [2.05, 4.69) is 59.0 Å². The highest BCUT2D eigenvalue weighted by molar-refractivity contribution is 14.1. The maximum absolute atomic E-state index is 9.95. The summed E-state index contributed by atoms with van der Waals surface area (Å²) in [5.41, 5.74) is 6.98. The molecule has 0 aromatic heterocycles. The molecule has 1 aromatic carbocycles. The summed E-state index contributed by atoms with van der Waals surface area (Å²) in [6.07, 6.45) is 1.02. The predicted molar refractivity (Wildman–Crippen MR) is 87.2 cm³/mol. The van der Waals surface area contributed by atoms with Gasteiger partial charge in [0.1, 0.15) is 5.75 Å². The lowest BCUT2D eigenvalue weighted by molar-refractivity contribution is 0.417. The van der Waals surface area contributed by atoms with Crippen LogP contribution in [0.1, 0.15) is 31.9 Å². The Morgan fingerprint density at radius 3 is 2.44 bits per heavy atom. The molecule has 1 rings (SSSR count). The van der Waals surface area contributed by atoms with Gasteiger partial charge in [0, 0.05) is 15.2 Å². The fourth-order valence-corrected chi connectivity index (χ4v) is 3.29. The Kier molecular flexibility index (Phi) is 7.56. The monoisotopic (exact) mass is 467 g/mol. The molecule has 0 saturated carbocycles. The number of aromatic hydroxyl groups is 1. The van der Waals surface area contributed by atoms with Crippen LogP contribution in [0.4, 0.5) is 0 Å². The number of phenols is 1. The topological polar surface area (TPSA) is 46.2 Å². The van der Waals surface area contributed by atoms with Crippen molar-refractivity contribution >= 4 is 57.6 Å². The number of nitrogens with two attached hydrogens (primary N) is 1. The van der Waals surface area contributed by atoms with Crippen LogP contribution in [0, 0.1) is 13.1 Å². The molecule has 0 bridgehead atoms. The lowest BCUT2D eigenvalue weighted by Gasteiger charge is -2.20. The van der Waals surface area contributed by atoms with E-state index in [4.69, 9.17) is 5.73 Å². The third-order valence-electron chi connectivity index (χ3n) is 2.67. The molecule has 0 fully saturated rings. The molecule has 3 N–H and O–H groups in total. The Hall–Kier alpha value is 0.730. The molecule has 1 unspecified atom stereocenters. The first-order chi connectivity index (χ1) is 6.97. The summed E-state index contributed by atoms with van der Waals surface area (Å²) in [5, 5.41) is 9.95. The molecule has 0 spiro atoms. The van der Waals surface area contributed by atoms with Gasteiger partial charge in [0.15, 0.2) is 0 Å². The van der Waals surface area contributed by atoms with Crippen LogP contribution in [0.2, 0.25) is 0 Å². The molecule has 0 heterocycles. The van der Waals surface area contributed by atoms with Gasteiger partial charge in [-0.05, 0) is 63.2 Å². The molecular formula is C11H16ClI2NO. The highest BCUT2D eigenvalue weighted by Crippen LogP contribution is 2.34. The minimum absolute atomic E-state index is 0. The van der Waals surface area contributed by atoms with E-state index in [1.807, 2.05) is 12.1 Å². The summed E-state index contributed by atoms with van der Waals surface area (Å²) >= 11 is 4.38. The highest BCUT2D eigenvalue weighted by Gasteiger charge is 2.18. The van der Waals surface area contributed by atoms with E-state index in [9.17, 15) is 5.11 Å². The Balaban J connectivity index is 0.00000225. The Morgan fingerprint density at radius 2 is 1.94 bits per heavy atom. The molecule has 0 aliphatic rings. The quantitative estimate of drug-likeness (QED) is 0.659. The molecule has 2 nitrogen and oxygen atoms in total. The first-order valence-electron chi connectivity index (χ1n) is 4.90. The molecule has 0 aliphatic heterocycles. The molecule has 0 saturated heterocycles. The van der Waals surface area contributed by atoms with Crippen LogP contribution in [0.15, 0.2) is 12.1 Å². The van der Waals surface area contributed by atoms with Crippen molar-refractivity contribution in [2.45, 2.75) is 26.3 Å². The van der Waals surface area contributed by atoms with Crippen LogP contribution in [-0.2, 0) is 0 Å². The van der Waals surface area contributed by atoms with Crippen LogP contribution < -0.4 is 5.73 Å². The molecule has 0 radical (unpaired) electrons. The normalized spacial score (nSPS) is 14.1. The number of halogens is 3. The second kappa shape index (κ2) is 7.23. The smallest absolute Gasteiger partial charge is 0.133 e. The van der Waals surface area contributed by atoms with Gasteiger partial charge >= 0.3 is 0 Å². The van der Waals surface area contributed by atoms with Crippen molar-refractivity contribution < 1.29 is 5.11 Å². The Bertz CT molecular complexity index is 360. The summed E-state index contributed by atoms with van der Waals surface area (Å²) < 4.78 is 1.98. The van der Waals surface area contributed by atoms with Crippen LogP contribution in [0.5, 0.6) is 5.75 Å². The van der Waals surface area contributed by atoms with Gasteiger partial charge < -0.3 is 10.8 Å². The first kappa shape index (κ1) is 16.7. The lowest BCUT2D eigenvalue weighted by Crippen LogP contribution is -2.19. The molecular weight excluding hydrogens is 451 g/mol. The predicted octanol–water partition coefficient (Wildman–Crippen LogP) is 4.07. The van der Waals surface area contributed by atoms with E-state index in [0.29, 0.717) is 11.7 Å². The first-order valence-corrected chi connectivity index (χ1v) is 7.06. The second-order valence-corrected chi connectivity index (χ2v) is 6.14. The van der Waals surface area contributed by atoms with Gasteiger partial charge in [-0.25, -0.2) is 0 Å². The van der Waals surface area contributed by atoms with Crippen LogP contribution >= 0.6 is 57.6 Å². The van der Waals surface area contributed by atoms with Crippen molar-refractivity contribution in [2.75, 3.05) is 0 Å². The lowest BCUT2D eigenvalue weighted by atomic mass is 9.93. The number of hydrogen-bond acceptors (Lipinski definition) is 2. The molecule has 1 aromatic rings. The average Bonchev–Trinajstić information content (AvgIpc) is 2.21. The molecule has 0 aliphatic carbocycles. The van der Waals surface area contributed by atoms with Gasteiger partial charge in [-0.2, -0.15) is 0 Å². The van der Waals surface area contributed by atoms with Crippen molar-refractivity contribution in [1.29, 1.82) is 0 Å². The minimum atomic E-state index is -0.0850. The van der Waals surface area contributed by atoms with E-state index >= 15 is 0 Å². The van der Waals surface area contributed by atoms with Gasteiger partial charge in [-0.15, -0.1) is 12.4 Å². The largest absolute Gasteiger partial charge is 0.506 e. The summed E-state index contributed by atoms with van der Waals surface area (Å²) in [6, 6.07) is 3.83. The molecule has 16 heavy (non-hydrogen) atoms. The van der Waals surface area contributed by atoms with Gasteiger partial charge in [-0.3, -0.25) is 0 Å². The summed E-state index contributed by atoms with van der Waals surface area (Å²) in [6.45, 7) is 4.22. The summed E-state index contributed by atoms with van der Waals surface area (Å²) in [4.78, 5) is 0. The van der Waals surface area contributed by atoms with E-state index < -0.39 is 0 Å². The zero-order chi connectivity index (χ0) is 11.6. The highest BCUT2D eigenvalue weighted by atomic mass is 127. The van der Waals surface area contributed by atoms with Crippen molar-refractivity contribution in [3.05, 3.63) is 24.8 Å². The maximum atomic E-state index is 9.95. The number of rotatable bonds is 3. The molecule has 2 atom stereocenters. The Labute approximate surface area is 130 Å². The van der Waals surface area contributed by atoms with Crippen LogP contribution in [0.25, 0.3) is 0 Å². The number of hydrogen-bond donors (Lipinski definition) is 2. The number of phenolic OH excluding ortho intramolecular Hbond substituents is 1. The molecule has 0 amide bonds. The van der Waals surface area contributed by atoms with Crippen LogP contribution in [0.3, 0.4) is 0 Å². The second-order valence-electron chi connectivity index (χ2n) is 3.74. The van der Waals surface area contributed by atoms with Crippen molar-refractivity contribution in [3.63, 3.8) is 0 Å². The average molecular weight is 468 g/mol. The third kappa shape index (κ3) is 3.89. The summed E-state index contributed by atoms with van der Waals surface area (Å²) in [7, 11) is 0. The van der Waals surface area contributed by atoms with Crippen molar-refractivity contribution in [2.24, 2.45) is 11.7 Å². The standard InChI is InChI=1S/C11H15I2NO.ClH/c1-3-6(2)10(14)8-4-7(12)5-9(13)11(8)15;/h4-6,10,15H,3,14H2,1-2H3;1H/t6?,10-;/m0./s1. The Morgan fingerprint density at radius 1 is 1.38 bits per heavy atom. The fraction of sp³-hybridized carbons (Fsp3) is 0.455. The van der Waals surface area contributed by atoms with Gasteiger partial charge in [0.05, 0.1) is 3.57 Å². The van der Waals surface area contributed by atoms with Crippen molar-refractivity contribution in [3.8, 4) is 5.75 Å². The minimum Gasteiger partial charge on any atom is -0.506 e. The molecule has 5 heteroatoms. The maximum Gasteiger partial charge on any atom is 0.133 e. The zero-order valence-corrected chi connectivity index (χ0v) is 14.3. The zero-order valence-electron chi connectivity index (χ0n) is 9.21. The van der Waals surface area contributed by atoms with Gasteiger partial charge in [-0.1, -0.05) is 20.3 Å².